The van der Waals surface area contributed by atoms with Crippen molar-refractivity contribution in [2.45, 2.75) is 24.3 Å². The van der Waals surface area contributed by atoms with Crippen LogP contribution in [0.1, 0.15) is 11.1 Å². The lowest BCUT2D eigenvalue weighted by Crippen LogP contribution is -2.51. The number of sulfonamides is 1. The lowest BCUT2D eigenvalue weighted by molar-refractivity contribution is -0.122. The summed E-state index contributed by atoms with van der Waals surface area (Å²) < 4.78 is 26.9. The molecule has 0 bridgehead atoms. The first-order valence-electron chi connectivity index (χ1n) is 8.01. The van der Waals surface area contributed by atoms with E-state index >= 15 is 0 Å². The fraction of sp³-hybridized carbons (Fsp3) is 0.294. The summed E-state index contributed by atoms with van der Waals surface area (Å²) in [5.41, 5.74) is 1.68. The van der Waals surface area contributed by atoms with Gasteiger partial charge in [-0.25, -0.2) is 13.4 Å². The number of nitrogens with one attached hydrogen (secondary N) is 3. The number of fused-ring (bicyclic) bond motifs is 1. The average Bonchev–Trinajstić information content (AvgIpc) is 2.59. The van der Waals surface area contributed by atoms with Crippen LogP contribution in [0.3, 0.4) is 0 Å². The zero-order valence-electron chi connectivity index (χ0n) is 13.8. The Hall–Kier alpha value is -2.45. The van der Waals surface area contributed by atoms with Crippen molar-refractivity contribution in [3.63, 3.8) is 0 Å². The standard InChI is InChI=1S/C17H20N4O3S/c1-12-5-4-8-18-16(12)19-9-10-20-17(22)14-11-13-6-2-3-7-15(13)25(23,24)21-14/h2-8,14,21H,9-11H2,1H3,(H,18,19)(H,20,22)/t14-/m1/s1. The molecule has 1 aromatic heterocycles. The van der Waals surface area contributed by atoms with Gasteiger partial charge >= 0.3 is 0 Å². The minimum Gasteiger partial charge on any atom is -0.368 e. The monoisotopic (exact) mass is 360 g/mol. The molecule has 1 aliphatic rings. The van der Waals surface area contributed by atoms with Crippen molar-refractivity contribution in [2.24, 2.45) is 0 Å². The van der Waals surface area contributed by atoms with Gasteiger partial charge in [0.25, 0.3) is 0 Å². The van der Waals surface area contributed by atoms with Crippen LogP contribution >= 0.6 is 0 Å². The maximum Gasteiger partial charge on any atom is 0.241 e. The van der Waals surface area contributed by atoms with Gasteiger partial charge in [-0.2, -0.15) is 4.72 Å². The van der Waals surface area contributed by atoms with Crippen LogP contribution in [0.15, 0.2) is 47.5 Å². The normalized spacial score (nSPS) is 18.2. The number of benzene rings is 1. The average molecular weight is 360 g/mol. The number of pyridine rings is 1. The number of amides is 1. The third-order valence-corrected chi connectivity index (χ3v) is 5.60. The van der Waals surface area contributed by atoms with Gasteiger partial charge in [0.15, 0.2) is 0 Å². The van der Waals surface area contributed by atoms with E-state index in [1.807, 2.05) is 19.1 Å². The third kappa shape index (κ3) is 3.97. The maximum atomic E-state index is 12.3. The van der Waals surface area contributed by atoms with Gasteiger partial charge in [-0.05, 0) is 36.6 Å². The molecule has 7 nitrogen and oxygen atoms in total. The van der Waals surface area contributed by atoms with Crippen LogP contribution in [0.2, 0.25) is 0 Å². The first kappa shape index (κ1) is 17.4. The fourth-order valence-corrected chi connectivity index (χ4v) is 4.20. The summed E-state index contributed by atoms with van der Waals surface area (Å²) in [5, 5.41) is 5.89. The molecule has 1 atom stereocenters. The third-order valence-electron chi connectivity index (χ3n) is 4.03. The van der Waals surface area contributed by atoms with E-state index < -0.39 is 16.1 Å². The van der Waals surface area contributed by atoms with Gasteiger partial charge < -0.3 is 10.6 Å². The first-order valence-corrected chi connectivity index (χ1v) is 9.49. The number of hydrogen-bond acceptors (Lipinski definition) is 5. The summed E-state index contributed by atoms with van der Waals surface area (Å²) in [5.74, 6) is 0.432. The highest BCUT2D eigenvalue weighted by Crippen LogP contribution is 2.22. The van der Waals surface area contributed by atoms with E-state index in [1.54, 1.807) is 30.5 Å². The van der Waals surface area contributed by atoms with Gasteiger partial charge in [0.1, 0.15) is 11.9 Å². The van der Waals surface area contributed by atoms with E-state index in [-0.39, 0.29) is 10.8 Å². The minimum absolute atomic E-state index is 0.242. The van der Waals surface area contributed by atoms with E-state index in [9.17, 15) is 13.2 Å². The molecule has 2 heterocycles. The molecule has 3 N–H and O–H groups in total. The molecule has 132 valence electrons. The van der Waals surface area contributed by atoms with Crippen LogP contribution in [0.25, 0.3) is 0 Å². The Labute approximate surface area is 146 Å². The van der Waals surface area contributed by atoms with Gasteiger partial charge in [-0.3, -0.25) is 4.79 Å². The van der Waals surface area contributed by atoms with Gasteiger partial charge in [0.05, 0.1) is 4.90 Å². The zero-order chi connectivity index (χ0) is 17.9. The highest BCUT2D eigenvalue weighted by atomic mass is 32.2. The van der Waals surface area contributed by atoms with Gasteiger partial charge in [-0.15, -0.1) is 0 Å². The Kier molecular flexibility index (Phi) is 5.00. The molecule has 0 saturated heterocycles. The van der Waals surface area contributed by atoms with Crippen molar-refractivity contribution in [1.29, 1.82) is 0 Å². The quantitative estimate of drug-likeness (QED) is 0.686. The smallest absolute Gasteiger partial charge is 0.241 e. The first-order chi connectivity index (χ1) is 12.0. The Bertz CT molecular complexity index is 883. The van der Waals surface area contributed by atoms with Crippen LogP contribution in [0.4, 0.5) is 5.82 Å². The molecule has 1 aliphatic heterocycles. The molecule has 0 radical (unpaired) electrons. The zero-order valence-corrected chi connectivity index (χ0v) is 14.6. The van der Waals surface area contributed by atoms with E-state index in [0.29, 0.717) is 25.1 Å². The van der Waals surface area contributed by atoms with Crippen molar-refractivity contribution in [3.05, 3.63) is 53.7 Å². The highest BCUT2D eigenvalue weighted by molar-refractivity contribution is 7.89. The molecule has 8 heteroatoms. The number of anilines is 1. The second kappa shape index (κ2) is 7.20. The topological polar surface area (TPSA) is 100 Å². The van der Waals surface area contributed by atoms with Crippen LogP contribution in [-0.2, 0) is 21.2 Å². The van der Waals surface area contributed by atoms with Crippen molar-refractivity contribution in [2.75, 3.05) is 18.4 Å². The lowest BCUT2D eigenvalue weighted by Gasteiger charge is -2.25. The number of nitrogens with zero attached hydrogens (tertiary/aromatic N) is 1. The number of carbonyl (C=O) groups excluding carboxylic acids is 1. The molecule has 3 rings (SSSR count). The molecule has 0 unspecified atom stereocenters. The van der Waals surface area contributed by atoms with Crippen molar-refractivity contribution in [1.82, 2.24) is 15.0 Å². The van der Waals surface area contributed by atoms with Crippen molar-refractivity contribution < 1.29 is 13.2 Å². The lowest BCUT2D eigenvalue weighted by atomic mass is 10.1. The molecular formula is C17H20N4O3S. The van der Waals surface area contributed by atoms with Gasteiger partial charge in [0, 0.05) is 19.3 Å². The Morgan fingerprint density at radius 2 is 2.04 bits per heavy atom. The molecule has 0 aliphatic carbocycles. The molecule has 25 heavy (non-hydrogen) atoms. The van der Waals surface area contributed by atoms with Crippen molar-refractivity contribution >= 4 is 21.7 Å². The van der Waals surface area contributed by atoms with E-state index in [4.69, 9.17) is 0 Å². The number of rotatable bonds is 5. The Morgan fingerprint density at radius 1 is 1.24 bits per heavy atom. The molecule has 2 aromatic rings. The molecule has 0 saturated carbocycles. The number of carbonyl (C=O) groups is 1. The van der Waals surface area contributed by atoms with Crippen LogP contribution in [0, 0.1) is 6.92 Å². The summed E-state index contributed by atoms with van der Waals surface area (Å²) in [6, 6.07) is 9.73. The van der Waals surface area contributed by atoms with E-state index in [2.05, 4.69) is 20.3 Å². The van der Waals surface area contributed by atoms with Crippen LogP contribution in [0.5, 0.6) is 0 Å². The van der Waals surface area contributed by atoms with Gasteiger partial charge in [-0.1, -0.05) is 24.3 Å². The molecule has 0 fully saturated rings. The van der Waals surface area contributed by atoms with E-state index in [0.717, 1.165) is 11.4 Å². The fourth-order valence-electron chi connectivity index (χ4n) is 2.75. The summed E-state index contributed by atoms with van der Waals surface area (Å²) >= 11 is 0. The van der Waals surface area contributed by atoms with E-state index in [1.165, 1.54) is 0 Å². The molecular weight excluding hydrogens is 340 g/mol. The predicted octanol–water partition coefficient (Wildman–Crippen LogP) is 0.821. The summed E-state index contributed by atoms with van der Waals surface area (Å²) in [6.07, 6.45) is 2.04. The SMILES string of the molecule is Cc1cccnc1NCCNC(=O)[C@H]1Cc2ccccc2S(=O)(=O)N1. The second-order valence-corrected chi connectivity index (χ2v) is 7.55. The Morgan fingerprint density at radius 3 is 2.84 bits per heavy atom. The minimum atomic E-state index is -3.65. The van der Waals surface area contributed by atoms with Gasteiger partial charge in [0.2, 0.25) is 15.9 Å². The van der Waals surface area contributed by atoms with Crippen molar-refractivity contribution in [3.8, 4) is 0 Å². The molecule has 0 spiro atoms. The van der Waals surface area contributed by atoms with Crippen LogP contribution in [-0.4, -0.2) is 38.4 Å². The highest BCUT2D eigenvalue weighted by Gasteiger charge is 2.32. The molecule has 1 amide bonds. The predicted molar refractivity (Wildman–Crippen MR) is 94.7 cm³/mol. The molecule has 1 aromatic carbocycles. The number of hydrogen-bond donors (Lipinski definition) is 3. The second-order valence-electron chi connectivity index (χ2n) is 5.87. The summed E-state index contributed by atoms with van der Waals surface area (Å²) in [7, 11) is -3.65. The number of aromatic nitrogens is 1. The summed E-state index contributed by atoms with van der Waals surface area (Å²) in [4.78, 5) is 16.7. The Balaban J connectivity index is 1.55. The summed E-state index contributed by atoms with van der Waals surface area (Å²) in [6.45, 7) is 2.82. The maximum absolute atomic E-state index is 12.3. The number of aryl methyl sites for hydroxylation is 1. The van der Waals surface area contributed by atoms with Crippen LogP contribution < -0.4 is 15.4 Å². The largest absolute Gasteiger partial charge is 0.368 e.